The smallest absolute Gasteiger partial charge is 0.335 e. The summed E-state index contributed by atoms with van der Waals surface area (Å²) in [6.45, 7) is 2.07. The third-order valence-corrected chi connectivity index (χ3v) is 3.38. The van der Waals surface area contributed by atoms with Crippen molar-refractivity contribution in [2.45, 2.75) is 6.92 Å². The second-order valence-corrected chi connectivity index (χ2v) is 4.46. The molecule has 0 aliphatic heterocycles. The zero-order valence-corrected chi connectivity index (χ0v) is 9.97. The Kier molecular flexibility index (Phi) is 2.30. The predicted octanol–water partition coefficient (Wildman–Crippen LogP) is 4.00. The van der Waals surface area contributed by atoms with Gasteiger partial charge in [0.15, 0.2) is 0 Å². The Balaban J connectivity index is 2.44. The van der Waals surface area contributed by atoms with Crippen LogP contribution in [-0.4, -0.2) is 11.1 Å². The van der Waals surface area contributed by atoms with E-state index in [0.717, 1.165) is 16.2 Å². The number of carboxylic acid groups (broad SMARTS) is 1. The number of aromatic carboxylic acids is 1. The van der Waals surface area contributed by atoms with Crippen LogP contribution in [0.2, 0.25) is 0 Å². The van der Waals surface area contributed by atoms with Gasteiger partial charge in [-0.25, -0.2) is 4.79 Å². The van der Waals surface area contributed by atoms with Crippen LogP contribution in [0.4, 0.5) is 0 Å². The lowest BCUT2D eigenvalue weighted by Gasteiger charge is -2.08. The Morgan fingerprint density at radius 2 is 1.67 bits per heavy atom. The van der Waals surface area contributed by atoms with E-state index in [9.17, 15) is 4.79 Å². The topological polar surface area (TPSA) is 37.3 Å². The lowest BCUT2D eigenvalue weighted by molar-refractivity contribution is 0.0697. The molecule has 18 heavy (non-hydrogen) atoms. The van der Waals surface area contributed by atoms with Crippen molar-refractivity contribution >= 4 is 27.5 Å². The van der Waals surface area contributed by atoms with E-state index in [-0.39, 0.29) is 0 Å². The molecule has 0 bridgehead atoms. The van der Waals surface area contributed by atoms with Gasteiger partial charge in [-0.2, -0.15) is 0 Å². The fourth-order valence-electron chi connectivity index (χ4n) is 2.43. The van der Waals surface area contributed by atoms with Gasteiger partial charge in [0.2, 0.25) is 0 Å². The van der Waals surface area contributed by atoms with Crippen molar-refractivity contribution in [1.82, 2.24) is 0 Å². The summed E-state index contributed by atoms with van der Waals surface area (Å²) in [4.78, 5) is 11.0. The van der Waals surface area contributed by atoms with Gasteiger partial charge in [-0.3, -0.25) is 0 Å². The molecule has 0 saturated carbocycles. The summed E-state index contributed by atoms with van der Waals surface area (Å²) in [7, 11) is 0. The molecule has 0 aromatic heterocycles. The van der Waals surface area contributed by atoms with Crippen molar-refractivity contribution in [3.8, 4) is 0 Å². The van der Waals surface area contributed by atoms with E-state index in [2.05, 4.69) is 19.1 Å². The van der Waals surface area contributed by atoms with Gasteiger partial charge >= 0.3 is 5.97 Å². The lowest BCUT2D eigenvalue weighted by Crippen LogP contribution is -1.95. The first-order valence-corrected chi connectivity index (χ1v) is 5.82. The summed E-state index contributed by atoms with van der Waals surface area (Å²) in [6, 6.07) is 15.5. The normalized spacial score (nSPS) is 10.9. The summed E-state index contributed by atoms with van der Waals surface area (Å²) in [6.07, 6.45) is 0. The van der Waals surface area contributed by atoms with E-state index in [1.54, 1.807) is 12.1 Å². The molecule has 0 spiro atoms. The van der Waals surface area contributed by atoms with Crippen LogP contribution in [0.15, 0.2) is 48.5 Å². The van der Waals surface area contributed by atoms with Crippen molar-refractivity contribution in [2.24, 2.45) is 0 Å². The number of hydrogen-bond donors (Lipinski definition) is 1. The second kappa shape index (κ2) is 3.84. The molecule has 0 saturated heterocycles. The summed E-state index contributed by atoms with van der Waals surface area (Å²) in [5, 5.41) is 13.5. The van der Waals surface area contributed by atoms with Crippen molar-refractivity contribution in [3.63, 3.8) is 0 Å². The van der Waals surface area contributed by atoms with Gasteiger partial charge in [0.1, 0.15) is 0 Å². The molecule has 3 aromatic rings. The van der Waals surface area contributed by atoms with Crippen LogP contribution in [0.3, 0.4) is 0 Å². The third-order valence-electron chi connectivity index (χ3n) is 3.38. The highest BCUT2D eigenvalue weighted by atomic mass is 16.4. The number of fused-ring (bicyclic) bond motifs is 2. The van der Waals surface area contributed by atoms with E-state index in [0.29, 0.717) is 5.56 Å². The van der Waals surface area contributed by atoms with Crippen LogP contribution in [0.25, 0.3) is 21.5 Å². The molecule has 0 fully saturated rings. The molecule has 0 radical (unpaired) electrons. The summed E-state index contributed by atoms with van der Waals surface area (Å²) >= 11 is 0. The van der Waals surface area contributed by atoms with Gasteiger partial charge in [-0.15, -0.1) is 0 Å². The molecule has 0 aliphatic carbocycles. The number of hydrogen-bond acceptors (Lipinski definition) is 1. The molecule has 0 unspecified atom stereocenters. The Morgan fingerprint density at radius 3 is 2.44 bits per heavy atom. The largest absolute Gasteiger partial charge is 0.478 e. The first kappa shape index (κ1) is 10.8. The van der Waals surface area contributed by atoms with E-state index in [4.69, 9.17) is 5.11 Å². The average Bonchev–Trinajstić information content (AvgIpc) is 2.38. The van der Waals surface area contributed by atoms with Crippen LogP contribution in [0, 0.1) is 6.92 Å². The zero-order chi connectivity index (χ0) is 12.7. The van der Waals surface area contributed by atoms with Crippen LogP contribution in [0.1, 0.15) is 15.9 Å². The maximum atomic E-state index is 11.0. The standard InChI is InChI=1S/C16H12O2/c1-10-14-5-3-2-4-11(14)8-13-9-12(16(17)18)6-7-15(10)13/h2-9H,1H3,(H,17,18). The molecule has 2 heteroatoms. The first-order chi connectivity index (χ1) is 8.66. The highest BCUT2D eigenvalue weighted by Crippen LogP contribution is 2.28. The number of rotatable bonds is 1. The van der Waals surface area contributed by atoms with Crippen LogP contribution in [0.5, 0.6) is 0 Å². The summed E-state index contributed by atoms with van der Waals surface area (Å²) in [5.41, 5.74) is 1.53. The minimum absolute atomic E-state index is 0.331. The van der Waals surface area contributed by atoms with Gasteiger partial charge in [0.25, 0.3) is 0 Å². The maximum Gasteiger partial charge on any atom is 0.335 e. The minimum Gasteiger partial charge on any atom is -0.478 e. The summed E-state index contributed by atoms with van der Waals surface area (Å²) in [5.74, 6) is -0.886. The third kappa shape index (κ3) is 1.54. The molecule has 1 N–H and O–H groups in total. The molecule has 2 nitrogen and oxygen atoms in total. The lowest BCUT2D eigenvalue weighted by atomic mass is 9.96. The Labute approximate surface area is 104 Å². The van der Waals surface area contributed by atoms with E-state index >= 15 is 0 Å². The Bertz CT molecular complexity index is 772. The van der Waals surface area contributed by atoms with Gasteiger partial charge in [-0.1, -0.05) is 30.3 Å². The Morgan fingerprint density at radius 1 is 0.944 bits per heavy atom. The van der Waals surface area contributed by atoms with Gasteiger partial charge in [-0.05, 0) is 52.2 Å². The molecule has 0 atom stereocenters. The van der Waals surface area contributed by atoms with Crippen molar-refractivity contribution in [1.29, 1.82) is 0 Å². The SMILES string of the molecule is Cc1c2ccccc2cc2cc(C(=O)O)ccc12. The molecule has 3 rings (SSSR count). The molecule has 0 amide bonds. The van der Waals surface area contributed by atoms with Crippen LogP contribution >= 0.6 is 0 Å². The van der Waals surface area contributed by atoms with E-state index < -0.39 is 5.97 Å². The predicted molar refractivity (Wildman–Crippen MR) is 73.2 cm³/mol. The molecule has 0 aliphatic rings. The number of aryl methyl sites for hydroxylation is 1. The fourth-order valence-corrected chi connectivity index (χ4v) is 2.43. The quantitative estimate of drug-likeness (QED) is 0.648. The molecular formula is C16H12O2. The number of carboxylic acids is 1. The molecule has 3 aromatic carbocycles. The fraction of sp³-hybridized carbons (Fsp3) is 0.0625. The van der Waals surface area contributed by atoms with Crippen LogP contribution in [-0.2, 0) is 0 Å². The summed E-state index contributed by atoms with van der Waals surface area (Å²) < 4.78 is 0. The van der Waals surface area contributed by atoms with E-state index in [1.807, 2.05) is 24.3 Å². The van der Waals surface area contributed by atoms with Gasteiger partial charge in [0.05, 0.1) is 5.56 Å². The average molecular weight is 236 g/mol. The highest BCUT2D eigenvalue weighted by Gasteiger charge is 2.07. The van der Waals surface area contributed by atoms with Gasteiger partial charge in [0, 0.05) is 0 Å². The van der Waals surface area contributed by atoms with Crippen molar-refractivity contribution in [2.75, 3.05) is 0 Å². The van der Waals surface area contributed by atoms with Gasteiger partial charge < -0.3 is 5.11 Å². The van der Waals surface area contributed by atoms with E-state index in [1.165, 1.54) is 10.9 Å². The minimum atomic E-state index is -0.886. The Hall–Kier alpha value is -2.35. The zero-order valence-electron chi connectivity index (χ0n) is 9.97. The monoisotopic (exact) mass is 236 g/mol. The molecule has 0 heterocycles. The molecular weight excluding hydrogens is 224 g/mol. The maximum absolute atomic E-state index is 11.0. The number of carbonyl (C=O) groups is 1. The highest BCUT2D eigenvalue weighted by molar-refractivity contribution is 6.04. The van der Waals surface area contributed by atoms with Crippen molar-refractivity contribution < 1.29 is 9.90 Å². The number of benzene rings is 3. The van der Waals surface area contributed by atoms with Crippen molar-refractivity contribution in [3.05, 3.63) is 59.7 Å². The second-order valence-electron chi connectivity index (χ2n) is 4.46. The molecule has 88 valence electrons. The van der Waals surface area contributed by atoms with Crippen LogP contribution < -0.4 is 0 Å². The first-order valence-electron chi connectivity index (χ1n) is 5.82.